The SMILES string of the molecule is C=CC(=O)N1CC[C@@H](N(C)c2cnc3[nH]cc(-c4cccnc4)c3c2)C1. The highest BCUT2D eigenvalue weighted by Crippen LogP contribution is 2.31. The molecule has 6 heteroatoms. The molecule has 4 heterocycles. The molecule has 0 saturated carbocycles. The van der Waals surface area contributed by atoms with Crippen LogP contribution in [0.1, 0.15) is 6.42 Å². The van der Waals surface area contributed by atoms with Crippen molar-refractivity contribution in [3.8, 4) is 11.1 Å². The third-order valence-corrected chi connectivity index (χ3v) is 5.09. The van der Waals surface area contributed by atoms with E-state index in [9.17, 15) is 4.79 Å². The van der Waals surface area contributed by atoms with Gasteiger partial charge < -0.3 is 14.8 Å². The molecule has 132 valence electrons. The maximum absolute atomic E-state index is 11.8. The Morgan fingerprint density at radius 3 is 3.12 bits per heavy atom. The van der Waals surface area contributed by atoms with E-state index in [0.717, 1.165) is 40.8 Å². The Kier molecular flexibility index (Phi) is 4.16. The number of pyridine rings is 2. The number of hydrogen-bond acceptors (Lipinski definition) is 4. The third-order valence-electron chi connectivity index (χ3n) is 5.09. The molecule has 1 saturated heterocycles. The minimum absolute atomic E-state index is 0.000949. The summed E-state index contributed by atoms with van der Waals surface area (Å²) >= 11 is 0. The number of carbonyl (C=O) groups excluding carboxylic acids is 1. The fourth-order valence-corrected chi connectivity index (χ4v) is 3.54. The Labute approximate surface area is 152 Å². The number of likely N-dealkylation sites (tertiary alicyclic amines) is 1. The van der Waals surface area contributed by atoms with Crippen molar-refractivity contribution < 1.29 is 4.79 Å². The molecule has 0 unspecified atom stereocenters. The van der Waals surface area contributed by atoms with E-state index in [1.165, 1.54) is 6.08 Å². The number of hydrogen-bond donors (Lipinski definition) is 1. The number of amides is 1. The van der Waals surface area contributed by atoms with Crippen LogP contribution in [0.3, 0.4) is 0 Å². The predicted molar refractivity (Wildman–Crippen MR) is 103 cm³/mol. The number of H-pyrrole nitrogens is 1. The zero-order valence-corrected chi connectivity index (χ0v) is 14.7. The van der Waals surface area contributed by atoms with Crippen LogP contribution in [0, 0.1) is 0 Å². The number of aromatic nitrogens is 3. The van der Waals surface area contributed by atoms with Crippen molar-refractivity contribution in [3.63, 3.8) is 0 Å². The molecule has 1 fully saturated rings. The summed E-state index contributed by atoms with van der Waals surface area (Å²) in [6, 6.07) is 6.40. The van der Waals surface area contributed by atoms with Gasteiger partial charge in [-0.1, -0.05) is 12.6 Å². The number of rotatable bonds is 4. The van der Waals surface area contributed by atoms with Gasteiger partial charge in [0.15, 0.2) is 0 Å². The molecule has 6 nitrogen and oxygen atoms in total. The summed E-state index contributed by atoms with van der Waals surface area (Å²) in [5, 5.41) is 1.07. The first-order valence-corrected chi connectivity index (χ1v) is 8.69. The largest absolute Gasteiger partial charge is 0.368 e. The zero-order chi connectivity index (χ0) is 18.1. The van der Waals surface area contributed by atoms with Gasteiger partial charge in [0, 0.05) is 61.3 Å². The molecule has 0 aliphatic carbocycles. The Morgan fingerprint density at radius 1 is 1.46 bits per heavy atom. The van der Waals surface area contributed by atoms with E-state index in [1.54, 1.807) is 6.20 Å². The van der Waals surface area contributed by atoms with E-state index < -0.39 is 0 Å². The monoisotopic (exact) mass is 347 g/mol. The van der Waals surface area contributed by atoms with Crippen LogP contribution >= 0.6 is 0 Å². The number of carbonyl (C=O) groups is 1. The molecule has 1 aliphatic heterocycles. The van der Waals surface area contributed by atoms with E-state index in [4.69, 9.17) is 0 Å². The number of anilines is 1. The average molecular weight is 347 g/mol. The maximum Gasteiger partial charge on any atom is 0.246 e. The normalized spacial score (nSPS) is 16.8. The molecule has 4 rings (SSSR count). The molecule has 26 heavy (non-hydrogen) atoms. The van der Waals surface area contributed by atoms with Crippen LogP contribution in [0.5, 0.6) is 0 Å². The number of aromatic amines is 1. The molecular formula is C20H21N5O. The highest BCUT2D eigenvalue weighted by molar-refractivity contribution is 5.95. The van der Waals surface area contributed by atoms with E-state index >= 15 is 0 Å². The summed E-state index contributed by atoms with van der Waals surface area (Å²) in [4.78, 5) is 27.9. The smallest absolute Gasteiger partial charge is 0.246 e. The third kappa shape index (κ3) is 2.83. The molecule has 1 atom stereocenters. The molecule has 1 N–H and O–H groups in total. The van der Waals surface area contributed by atoms with Crippen LogP contribution in [-0.2, 0) is 4.79 Å². The van der Waals surface area contributed by atoms with Gasteiger partial charge in [-0.05, 0) is 24.6 Å². The number of fused-ring (bicyclic) bond motifs is 1. The highest BCUT2D eigenvalue weighted by atomic mass is 16.2. The average Bonchev–Trinajstić information content (AvgIpc) is 3.34. The number of nitrogens with zero attached hydrogens (tertiary/aromatic N) is 4. The van der Waals surface area contributed by atoms with E-state index in [2.05, 4.69) is 39.5 Å². The van der Waals surface area contributed by atoms with Crippen LogP contribution in [0.4, 0.5) is 5.69 Å². The first-order valence-electron chi connectivity index (χ1n) is 8.69. The summed E-state index contributed by atoms with van der Waals surface area (Å²) in [5.74, 6) is -0.000949. The molecule has 1 aliphatic rings. The van der Waals surface area contributed by atoms with Gasteiger partial charge in [0.05, 0.1) is 11.9 Å². The van der Waals surface area contributed by atoms with Crippen LogP contribution in [-0.4, -0.2) is 51.9 Å². The Bertz CT molecular complexity index is 949. The molecule has 1 amide bonds. The van der Waals surface area contributed by atoms with Crippen molar-refractivity contribution in [2.24, 2.45) is 0 Å². The number of likely N-dealkylation sites (N-methyl/N-ethyl adjacent to an activating group) is 1. The molecule has 3 aromatic rings. The lowest BCUT2D eigenvalue weighted by molar-refractivity contribution is -0.125. The molecule has 3 aromatic heterocycles. The second-order valence-electron chi connectivity index (χ2n) is 6.58. The second-order valence-corrected chi connectivity index (χ2v) is 6.58. The van der Waals surface area contributed by atoms with Gasteiger partial charge in [0.1, 0.15) is 5.65 Å². The molecular weight excluding hydrogens is 326 g/mol. The van der Waals surface area contributed by atoms with E-state index in [-0.39, 0.29) is 11.9 Å². The van der Waals surface area contributed by atoms with Crippen LogP contribution < -0.4 is 4.90 Å². The van der Waals surface area contributed by atoms with Gasteiger partial charge in [0.25, 0.3) is 0 Å². The van der Waals surface area contributed by atoms with Crippen molar-refractivity contribution in [1.82, 2.24) is 19.9 Å². The van der Waals surface area contributed by atoms with Gasteiger partial charge in [-0.2, -0.15) is 0 Å². The van der Waals surface area contributed by atoms with Crippen LogP contribution in [0.25, 0.3) is 22.2 Å². The summed E-state index contributed by atoms with van der Waals surface area (Å²) in [7, 11) is 2.06. The summed E-state index contributed by atoms with van der Waals surface area (Å²) in [6.07, 6.45) is 9.80. The van der Waals surface area contributed by atoms with Crippen molar-refractivity contribution >= 4 is 22.6 Å². The quantitative estimate of drug-likeness (QED) is 0.737. The Hall–Kier alpha value is -3.15. The number of nitrogens with one attached hydrogen (secondary N) is 1. The van der Waals surface area contributed by atoms with Crippen molar-refractivity contribution in [3.05, 3.63) is 55.6 Å². The van der Waals surface area contributed by atoms with Crippen molar-refractivity contribution in [2.75, 3.05) is 25.0 Å². The first kappa shape index (κ1) is 16.3. The van der Waals surface area contributed by atoms with Gasteiger partial charge in [0.2, 0.25) is 5.91 Å². The highest BCUT2D eigenvalue weighted by Gasteiger charge is 2.28. The minimum atomic E-state index is -0.000949. The zero-order valence-electron chi connectivity index (χ0n) is 14.7. The Balaban J connectivity index is 1.63. The molecule has 0 radical (unpaired) electrons. The fourth-order valence-electron chi connectivity index (χ4n) is 3.54. The lowest BCUT2D eigenvalue weighted by Crippen LogP contribution is -2.36. The summed E-state index contributed by atoms with van der Waals surface area (Å²) in [5.41, 5.74) is 4.05. The van der Waals surface area contributed by atoms with Crippen LogP contribution in [0.2, 0.25) is 0 Å². The second kappa shape index (κ2) is 6.63. The van der Waals surface area contributed by atoms with Crippen molar-refractivity contribution in [1.29, 1.82) is 0 Å². The standard InChI is InChI=1S/C20H21N5O/c1-3-19(26)25-8-6-15(13-25)24(2)16-9-17-18(12-23-20(17)22-11-16)14-5-4-7-21-10-14/h3-5,7,9-12,15H,1,6,8,13H2,2H3,(H,22,23)/t15-/m1/s1. The molecule has 0 bridgehead atoms. The first-order chi connectivity index (χ1) is 12.7. The molecule has 0 aromatic carbocycles. The lowest BCUT2D eigenvalue weighted by Gasteiger charge is -2.26. The van der Waals surface area contributed by atoms with Gasteiger partial charge in [-0.25, -0.2) is 4.98 Å². The van der Waals surface area contributed by atoms with Gasteiger partial charge >= 0.3 is 0 Å². The predicted octanol–water partition coefficient (Wildman–Crippen LogP) is 2.85. The fraction of sp³-hybridized carbons (Fsp3) is 0.250. The van der Waals surface area contributed by atoms with Crippen LogP contribution in [0.15, 0.2) is 55.6 Å². The van der Waals surface area contributed by atoms with E-state index in [1.807, 2.05) is 35.6 Å². The maximum atomic E-state index is 11.8. The Morgan fingerprint density at radius 2 is 2.35 bits per heavy atom. The molecule has 0 spiro atoms. The van der Waals surface area contributed by atoms with Gasteiger partial charge in [-0.15, -0.1) is 0 Å². The lowest BCUT2D eigenvalue weighted by atomic mass is 10.1. The van der Waals surface area contributed by atoms with E-state index in [0.29, 0.717) is 6.54 Å². The van der Waals surface area contributed by atoms with Crippen molar-refractivity contribution in [2.45, 2.75) is 12.5 Å². The van der Waals surface area contributed by atoms with Gasteiger partial charge in [-0.3, -0.25) is 9.78 Å². The summed E-state index contributed by atoms with van der Waals surface area (Å²) < 4.78 is 0. The topological polar surface area (TPSA) is 65.1 Å². The minimum Gasteiger partial charge on any atom is -0.368 e. The summed E-state index contributed by atoms with van der Waals surface area (Å²) in [6.45, 7) is 5.05.